The van der Waals surface area contributed by atoms with E-state index in [0.29, 0.717) is 5.75 Å². The molecular weight excluding hydrogens is 211 g/mol. The first-order valence-corrected chi connectivity index (χ1v) is 4.83. The van der Waals surface area contributed by atoms with Crippen molar-refractivity contribution in [2.24, 2.45) is 0 Å². The summed E-state index contributed by atoms with van der Waals surface area (Å²) >= 11 is 3.70. The molecule has 2 aromatic rings. The number of benzene rings is 2. The predicted molar refractivity (Wildman–Crippen MR) is 61.5 cm³/mol. The standard InChI is InChI=1S/C12H9FOS/c13-11-5-1-9(2-6-11)10-3-7-12(14-15)8-4-10/h1-8,15H. The van der Waals surface area contributed by atoms with Crippen molar-refractivity contribution >= 4 is 12.9 Å². The Morgan fingerprint density at radius 3 is 1.73 bits per heavy atom. The molecule has 0 bridgehead atoms. The maximum Gasteiger partial charge on any atom is 0.137 e. The number of hydrogen-bond acceptors (Lipinski definition) is 2. The third kappa shape index (κ3) is 2.30. The SMILES string of the molecule is Fc1ccc(-c2ccc(OS)cc2)cc1. The molecule has 0 aliphatic rings. The fourth-order valence-electron chi connectivity index (χ4n) is 1.35. The van der Waals surface area contributed by atoms with Gasteiger partial charge in [-0.15, -0.1) is 0 Å². The van der Waals surface area contributed by atoms with E-state index in [1.807, 2.05) is 24.3 Å². The van der Waals surface area contributed by atoms with E-state index in [1.54, 1.807) is 12.1 Å². The summed E-state index contributed by atoms with van der Waals surface area (Å²) in [6.45, 7) is 0. The van der Waals surface area contributed by atoms with Crippen LogP contribution < -0.4 is 4.18 Å². The van der Waals surface area contributed by atoms with Gasteiger partial charge in [0.15, 0.2) is 0 Å². The highest BCUT2D eigenvalue weighted by atomic mass is 32.1. The summed E-state index contributed by atoms with van der Waals surface area (Å²) in [7, 11) is 0. The lowest BCUT2D eigenvalue weighted by Gasteiger charge is -2.02. The van der Waals surface area contributed by atoms with Gasteiger partial charge in [0.2, 0.25) is 0 Å². The van der Waals surface area contributed by atoms with Gasteiger partial charge in [-0.2, -0.15) is 0 Å². The summed E-state index contributed by atoms with van der Waals surface area (Å²) in [5.41, 5.74) is 1.99. The minimum absolute atomic E-state index is 0.228. The molecule has 1 nitrogen and oxygen atoms in total. The summed E-state index contributed by atoms with van der Waals surface area (Å²) < 4.78 is 17.4. The van der Waals surface area contributed by atoms with Crippen molar-refractivity contribution in [1.82, 2.24) is 0 Å². The molecule has 15 heavy (non-hydrogen) atoms. The Bertz CT molecular complexity index is 436. The topological polar surface area (TPSA) is 9.23 Å². The van der Waals surface area contributed by atoms with E-state index in [-0.39, 0.29) is 5.82 Å². The summed E-state index contributed by atoms with van der Waals surface area (Å²) in [5, 5.41) is 0. The van der Waals surface area contributed by atoms with Crippen LogP contribution in [0.3, 0.4) is 0 Å². The van der Waals surface area contributed by atoms with Crippen LogP contribution in [0.4, 0.5) is 4.39 Å². The molecule has 0 amide bonds. The number of thiol groups is 1. The summed E-state index contributed by atoms with van der Waals surface area (Å²) in [5.74, 6) is 0.457. The predicted octanol–water partition coefficient (Wildman–Crippen LogP) is 3.72. The van der Waals surface area contributed by atoms with E-state index in [0.717, 1.165) is 11.1 Å². The zero-order valence-electron chi connectivity index (χ0n) is 7.85. The fraction of sp³-hybridized carbons (Fsp3) is 0. The van der Waals surface area contributed by atoms with Gasteiger partial charge in [-0.05, 0) is 35.4 Å². The van der Waals surface area contributed by atoms with Crippen LogP contribution in [-0.2, 0) is 0 Å². The van der Waals surface area contributed by atoms with Gasteiger partial charge >= 0.3 is 0 Å². The Kier molecular flexibility index (Phi) is 2.92. The highest BCUT2D eigenvalue weighted by molar-refractivity contribution is 7.75. The maximum absolute atomic E-state index is 12.7. The third-order valence-corrected chi connectivity index (χ3v) is 2.35. The molecular formula is C12H9FOS. The Hall–Kier alpha value is -1.48. The van der Waals surface area contributed by atoms with Crippen molar-refractivity contribution in [3.8, 4) is 16.9 Å². The van der Waals surface area contributed by atoms with Crippen LogP contribution in [0, 0.1) is 5.82 Å². The van der Waals surface area contributed by atoms with Crippen LogP contribution in [0.1, 0.15) is 0 Å². The lowest BCUT2D eigenvalue weighted by molar-refractivity contribution is 0.628. The van der Waals surface area contributed by atoms with Gasteiger partial charge in [0.05, 0.1) is 0 Å². The number of hydrogen-bond donors (Lipinski definition) is 1. The average Bonchev–Trinajstić information content (AvgIpc) is 2.30. The molecule has 0 saturated carbocycles. The largest absolute Gasteiger partial charge is 0.429 e. The Balaban J connectivity index is 2.33. The molecule has 0 saturated heterocycles. The van der Waals surface area contributed by atoms with Gasteiger partial charge in [-0.25, -0.2) is 4.39 Å². The van der Waals surface area contributed by atoms with Gasteiger partial charge in [0.25, 0.3) is 0 Å². The van der Waals surface area contributed by atoms with Crippen LogP contribution >= 0.6 is 12.9 Å². The summed E-state index contributed by atoms with van der Waals surface area (Å²) in [6, 6.07) is 13.8. The van der Waals surface area contributed by atoms with E-state index in [4.69, 9.17) is 4.18 Å². The molecule has 0 aliphatic carbocycles. The normalized spacial score (nSPS) is 10.0. The third-order valence-electron chi connectivity index (χ3n) is 2.14. The Labute approximate surface area is 93.1 Å². The first kappa shape index (κ1) is 10.1. The molecule has 0 fully saturated rings. The quantitative estimate of drug-likeness (QED) is 0.599. The smallest absolute Gasteiger partial charge is 0.137 e. The van der Waals surface area contributed by atoms with Crippen molar-refractivity contribution in [3.05, 3.63) is 54.3 Å². The van der Waals surface area contributed by atoms with Crippen LogP contribution in [0.25, 0.3) is 11.1 Å². The molecule has 0 spiro atoms. The zero-order chi connectivity index (χ0) is 10.7. The van der Waals surface area contributed by atoms with Crippen LogP contribution in [-0.4, -0.2) is 0 Å². The van der Waals surface area contributed by atoms with E-state index in [9.17, 15) is 4.39 Å². The average molecular weight is 220 g/mol. The zero-order valence-corrected chi connectivity index (χ0v) is 8.75. The fourth-order valence-corrected chi connectivity index (χ4v) is 1.47. The molecule has 0 aliphatic heterocycles. The molecule has 0 heterocycles. The van der Waals surface area contributed by atoms with Crippen molar-refractivity contribution in [2.45, 2.75) is 0 Å². The number of rotatable bonds is 2. The van der Waals surface area contributed by atoms with Crippen LogP contribution in [0.5, 0.6) is 5.75 Å². The van der Waals surface area contributed by atoms with Gasteiger partial charge in [-0.1, -0.05) is 24.3 Å². The van der Waals surface area contributed by atoms with E-state index < -0.39 is 0 Å². The maximum atomic E-state index is 12.7. The molecule has 2 aromatic carbocycles. The molecule has 0 unspecified atom stereocenters. The van der Waals surface area contributed by atoms with Crippen molar-refractivity contribution in [2.75, 3.05) is 0 Å². The van der Waals surface area contributed by atoms with Crippen molar-refractivity contribution in [3.63, 3.8) is 0 Å². The minimum Gasteiger partial charge on any atom is -0.429 e. The van der Waals surface area contributed by atoms with Crippen LogP contribution in [0.15, 0.2) is 48.5 Å². The molecule has 76 valence electrons. The van der Waals surface area contributed by atoms with Gasteiger partial charge in [0.1, 0.15) is 11.6 Å². The van der Waals surface area contributed by atoms with E-state index in [2.05, 4.69) is 12.9 Å². The van der Waals surface area contributed by atoms with Gasteiger partial charge in [-0.3, -0.25) is 0 Å². The molecule has 0 radical (unpaired) electrons. The first-order valence-electron chi connectivity index (χ1n) is 4.47. The second-order valence-corrected chi connectivity index (χ2v) is 3.31. The molecule has 3 heteroatoms. The minimum atomic E-state index is -0.228. The Morgan fingerprint density at radius 1 is 0.800 bits per heavy atom. The highest BCUT2D eigenvalue weighted by Crippen LogP contribution is 2.22. The lowest BCUT2D eigenvalue weighted by Crippen LogP contribution is -1.79. The molecule has 2 rings (SSSR count). The highest BCUT2D eigenvalue weighted by Gasteiger charge is 1.98. The van der Waals surface area contributed by atoms with E-state index >= 15 is 0 Å². The van der Waals surface area contributed by atoms with Gasteiger partial charge in [0, 0.05) is 12.9 Å². The lowest BCUT2D eigenvalue weighted by atomic mass is 10.1. The monoisotopic (exact) mass is 220 g/mol. The van der Waals surface area contributed by atoms with Gasteiger partial charge < -0.3 is 4.18 Å². The van der Waals surface area contributed by atoms with Crippen molar-refractivity contribution in [1.29, 1.82) is 0 Å². The second kappa shape index (κ2) is 4.36. The van der Waals surface area contributed by atoms with Crippen molar-refractivity contribution < 1.29 is 8.57 Å². The molecule has 0 aromatic heterocycles. The van der Waals surface area contributed by atoms with E-state index in [1.165, 1.54) is 12.1 Å². The first-order chi connectivity index (χ1) is 7.29. The summed E-state index contributed by atoms with van der Waals surface area (Å²) in [6.07, 6.45) is 0. The molecule has 0 atom stereocenters. The second-order valence-electron chi connectivity index (χ2n) is 3.12. The van der Waals surface area contributed by atoms with Crippen LogP contribution in [0.2, 0.25) is 0 Å². The molecule has 0 N–H and O–H groups in total. The number of halogens is 1. The summed E-state index contributed by atoms with van der Waals surface area (Å²) in [4.78, 5) is 0. The Morgan fingerprint density at radius 2 is 1.27 bits per heavy atom.